The smallest absolute Gasteiger partial charge is 0.416 e. The second kappa shape index (κ2) is 11.4. The summed E-state index contributed by atoms with van der Waals surface area (Å²) >= 11 is 6.06. The molecular formula is C30H23ClF6N2O2. The number of halogens is 7. The van der Waals surface area contributed by atoms with Crippen LogP contribution in [0.4, 0.5) is 26.3 Å². The summed E-state index contributed by atoms with van der Waals surface area (Å²) in [6.45, 7) is 0.484. The van der Waals surface area contributed by atoms with Crippen molar-refractivity contribution in [1.29, 1.82) is 0 Å². The Labute approximate surface area is 236 Å². The van der Waals surface area contributed by atoms with E-state index in [9.17, 15) is 31.1 Å². The quantitative estimate of drug-likeness (QED) is 0.211. The summed E-state index contributed by atoms with van der Waals surface area (Å²) in [5.74, 6) is -5.80. The fraction of sp³-hybridized carbons (Fsp3) is 0.200. The maximum absolute atomic E-state index is 14.2. The Morgan fingerprint density at radius 3 is 2.22 bits per heavy atom. The number of carbonyl (C=O) groups excluding carboxylic acids is 1. The standard InChI is InChI=1S/C30H23ClF6N2O2/c1-28(33,34)22-14-19(8-11-24(22)32)27(40)39-29(16-18-6-4-3-5-7-18,26-13-10-21(31)17-38-26)23-15-20(30(35,36)37)9-12-25(23)41-2/h3-15,17H,16H2,1-2H3,(H,39,40)/t29-/m1/s1. The summed E-state index contributed by atoms with van der Waals surface area (Å²) in [5.41, 5.74) is -3.67. The number of hydrogen-bond donors (Lipinski definition) is 1. The van der Waals surface area contributed by atoms with Gasteiger partial charge in [0.15, 0.2) is 0 Å². The minimum absolute atomic E-state index is 0.00846. The highest BCUT2D eigenvalue weighted by molar-refractivity contribution is 6.30. The van der Waals surface area contributed by atoms with Gasteiger partial charge >= 0.3 is 6.18 Å². The number of nitrogens with zero attached hydrogens (tertiary/aromatic N) is 1. The Hall–Kier alpha value is -4.05. The molecule has 41 heavy (non-hydrogen) atoms. The first-order valence-electron chi connectivity index (χ1n) is 12.2. The zero-order valence-corrected chi connectivity index (χ0v) is 22.5. The summed E-state index contributed by atoms with van der Waals surface area (Å²) in [4.78, 5) is 18.1. The third-order valence-corrected chi connectivity index (χ3v) is 6.72. The van der Waals surface area contributed by atoms with E-state index in [-0.39, 0.29) is 34.0 Å². The third kappa shape index (κ3) is 6.48. The number of benzene rings is 3. The Morgan fingerprint density at radius 1 is 0.927 bits per heavy atom. The number of methoxy groups -OCH3 is 1. The summed E-state index contributed by atoms with van der Waals surface area (Å²) in [5, 5.41) is 2.96. The first-order chi connectivity index (χ1) is 19.2. The average Bonchev–Trinajstić information content (AvgIpc) is 2.92. The van der Waals surface area contributed by atoms with E-state index in [1.807, 2.05) is 0 Å². The molecular weight excluding hydrogens is 570 g/mol. The molecule has 1 atom stereocenters. The number of carbonyl (C=O) groups is 1. The number of rotatable bonds is 8. The Balaban J connectivity index is 2.01. The maximum Gasteiger partial charge on any atom is 0.416 e. The van der Waals surface area contributed by atoms with Gasteiger partial charge in [0.05, 0.1) is 29.0 Å². The normalized spacial score (nSPS) is 13.4. The highest BCUT2D eigenvalue weighted by atomic mass is 35.5. The lowest BCUT2D eigenvalue weighted by Crippen LogP contribution is -2.49. The van der Waals surface area contributed by atoms with E-state index in [0.717, 1.165) is 30.3 Å². The number of amides is 1. The van der Waals surface area contributed by atoms with Crippen molar-refractivity contribution in [2.45, 2.75) is 31.0 Å². The molecule has 4 nitrogen and oxygen atoms in total. The number of aromatic nitrogens is 1. The van der Waals surface area contributed by atoms with Gasteiger partial charge in [0, 0.05) is 30.7 Å². The van der Waals surface area contributed by atoms with Crippen molar-refractivity contribution in [3.63, 3.8) is 0 Å². The third-order valence-electron chi connectivity index (χ3n) is 6.49. The van der Waals surface area contributed by atoms with E-state index in [1.165, 1.54) is 25.4 Å². The van der Waals surface area contributed by atoms with Crippen LogP contribution in [0.5, 0.6) is 5.75 Å². The predicted molar refractivity (Wildman–Crippen MR) is 142 cm³/mol. The molecule has 4 rings (SSSR count). The minimum Gasteiger partial charge on any atom is -0.496 e. The fourth-order valence-corrected chi connectivity index (χ4v) is 4.63. The zero-order chi connectivity index (χ0) is 30.0. The highest BCUT2D eigenvalue weighted by Gasteiger charge is 2.43. The lowest BCUT2D eigenvalue weighted by molar-refractivity contribution is -0.137. The Bertz CT molecular complexity index is 1540. The molecule has 0 saturated heterocycles. The number of ether oxygens (including phenoxy) is 1. The molecule has 3 aromatic carbocycles. The molecule has 0 saturated carbocycles. The van der Waals surface area contributed by atoms with E-state index >= 15 is 0 Å². The van der Waals surface area contributed by atoms with Crippen molar-refractivity contribution >= 4 is 17.5 Å². The molecule has 1 aromatic heterocycles. The predicted octanol–water partition coefficient (Wildman–Crippen LogP) is 7.93. The molecule has 0 spiro atoms. The highest BCUT2D eigenvalue weighted by Crippen LogP contribution is 2.42. The zero-order valence-electron chi connectivity index (χ0n) is 21.7. The molecule has 0 aliphatic rings. The molecule has 0 bridgehead atoms. The van der Waals surface area contributed by atoms with Gasteiger partial charge in [-0.2, -0.15) is 13.2 Å². The second-order valence-electron chi connectivity index (χ2n) is 9.38. The van der Waals surface area contributed by atoms with Crippen molar-refractivity contribution in [3.8, 4) is 5.75 Å². The number of hydrogen-bond acceptors (Lipinski definition) is 3. The van der Waals surface area contributed by atoms with Gasteiger partial charge < -0.3 is 10.1 Å². The Kier molecular flexibility index (Phi) is 8.35. The van der Waals surface area contributed by atoms with E-state index in [1.54, 1.807) is 30.3 Å². The summed E-state index contributed by atoms with van der Waals surface area (Å²) in [7, 11) is 1.26. The topological polar surface area (TPSA) is 51.2 Å². The molecule has 0 radical (unpaired) electrons. The van der Waals surface area contributed by atoms with Crippen molar-refractivity contribution < 1.29 is 35.9 Å². The van der Waals surface area contributed by atoms with Crippen LogP contribution in [0.2, 0.25) is 5.02 Å². The van der Waals surface area contributed by atoms with Crippen LogP contribution in [0, 0.1) is 5.82 Å². The van der Waals surface area contributed by atoms with E-state index in [4.69, 9.17) is 16.3 Å². The second-order valence-corrected chi connectivity index (χ2v) is 9.82. The van der Waals surface area contributed by atoms with Gasteiger partial charge in [-0.15, -0.1) is 0 Å². The monoisotopic (exact) mass is 592 g/mol. The van der Waals surface area contributed by atoms with Crippen molar-refractivity contribution in [2.75, 3.05) is 7.11 Å². The molecule has 4 aromatic rings. The van der Waals surface area contributed by atoms with Crippen molar-refractivity contribution in [3.05, 3.63) is 129 Å². The van der Waals surface area contributed by atoms with Gasteiger partial charge in [-0.25, -0.2) is 13.2 Å². The van der Waals surface area contributed by atoms with Crippen molar-refractivity contribution in [2.24, 2.45) is 0 Å². The van der Waals surface area contributed by atoms with Crippen LogP contribution >= 0.6 is 11.6 Å². The SMILES string of the molecule is COc1ccc(C(F)(F)F)cc1[C@@](Cc1ccccc1)(NC(=O)c1ccc(F)c(C(C)(F)F)c1)c1ccc(Cl)cn1. The molecule has 1 heterocycles. The molecule has 1 amide bonds. The molecule has 0 unspecified atom stereocenters. The van der Waals surface area contributed by atoms with Crippen LogP contribution in [0.25, 0.3) is 0 Å². The average molecular weight is 593 g/mol. The van der Waals surface area contributed by atoms with Crippen LogP contribution in [0.1, 0.15) is 45.2 Å². The van der Waals surface area contributed by atoms with Crippen LogP contribution in [0.3, 0.4) is 0 Å². The van der Waals surface area contributed by atoms with Crippen molar-refractivity contribution in [1.82, 2.24) is 10.3 Å². The van der Waals surface area contributed by atoms with Gasteiger partial charge in [-0.3, -0.25) is 9.78 Å². The molecule has 1 N–H and O–H groups in total. The molecule has 214 valence electrons. The van der Waals surface area contributed by atoms with Crippen LogP contribution in [-0.2, 0) is 24.1 Å². The van der Waals surface area contributed by atoms with Crippen LogP contribution < -0.4 is 10.1 Å². The summed E-state index contributed by atoms with van der Waals surface area (Å²) < 4.78 is 89.6. The van der Waals surface area contributed by atoms with Crippen LogP contribution in [0.15, 0.2) is 85.1 Å². The van der Waals surface area contributed by atoms with Gasteiger partial charge in [0.25, 0.3) is 11.8 Å². The number of nitrogens with one attached hydrogen (secondary N) is 1. The lowest BCUT2D eigenvalue weighted by atomic mass is 9.79. The fourth-order valence-electron chi connectivity index (χ4n) is 4.52. The minimum atomic E-state index is -4.75. The van der Waals surface area contributed by atoms with Gasteiger partial charge in [0.1, 0.15) is 17.1 Å². The van der Waals surface area contributed by atoms with E-state index < -0.39 is 40.5 Å². The van der Waals surface area contributed by atoms with Crippen LogP contribution in [-0.4, -0.2) is 18.0 Å². The Morgan fingerprint density at radius 2 is 1.63 bits per heavy atom. The van der Waals surface area contributed by atoms with E-state index in [0.29, 0.717) is 18.6 Å². The summed E-state index contributed by atoms with van der Waals surface area (Å²) in [6, 6.07) is 16.7. The maximum atomic E-state index is 14.2. The molecule has 0 aliphatic heterocycles. The molecule has 0 aliphatic carbocycles. The number of alkyl halides is 5. The van der Waals surface area contributed by atoms with E-state index in [2.05, 4.69) is 10.3 Å². The summed E-state index contributed by atoms with van der Waals surface area (Å²) in [6.07, 6.45) is -3.63. The first kappa shape index (κ1) is 29.9. The largest absolute Gasteiger partial charge is 0.496 e. The molecule has 11 heteroatoms. The first-order valence-corrected chi connectivity index (χ1v) is 12.5. The van der Waals surface area contributed by atoms with Gasteiger partial charge in [-0.1, -0.05) is 41.9 Å². The van der Waals surface area contributed by atoms with Gasteiger partial charge in [-0.05, 0) is 54.1 Å². The molecule has 0 fully saturated rings. The van der Waals surface area contributed by atoms with Gasteiger partial charge in [0.2, 0.25) is 0 Å². The lowest BCUT2D eigenvalue weighted by Gasteiger charge is -2.37. The number of pyridine rings is 1.